The summed E-state index contributed by atoms with van der Waals surface area (Å²) in [5, 5.41) is 0. The van der Waals surface area contributed by atoms with E-state index >= 15 is 0 Å². The average Bonchev–Trinajstić information content (AvgIpc) is 2.73. The van der Waals surface area contributed by atoms with E-state index in [1.165, 1.54) is 13.4 Å². The Balaban J connectivity index is 2.29. The van der Waals surface area contributed by atoms with Gasteiger partial charge in [-0.25, -0.2) is 4.99 Å². The van der Waals surface area contributed by atoms with Gasteiger partial charge in [0.2, 0.25) is 11.7 Å². The Morgan fingerprint density at radius 1 is 1.50 bits per heavy atom. The Morgan fingerprint density at radius 3 is 3.06 bits per heavy atom. The lowest BCUT2D eigenvalue weighted by Gasteiger charge is -2.10. The van der Waals surface area contributed by atoms with Gasteiger partial charge in [-0.05, 0) is 18.2 Å². The van der Waals surface area contributed by atoms with Crippen LogP contribution in [0.3, 0.4) is 0 Å². The number of Topliss-reactive ketones (excluding diaryl/α,β-unsaturated/α-hetero) is 1. The minimum absolute atomic E-state index is 0.162. The van der Waals surface area contributed by atoms with Gasteiger partial charge in [-0.15, -0.1) is 0 Å². The maximum absolute atomic E-state index is 12.0. The average molecular weight is 217 g/mol. The van der Waals surface area contributed by atoms with Crippen molar-refractivity contribution in [3.63, 3.8) is 0 Å². The fourth-order valence-corrected chi connectivity index (χ4v) is 1.46. The molecule has 0 radical (unpaired) electrons. The highest BCUT2D eigenvalue weighted by molar-refractivity contribution is 6.10. The maximum Gasteiger partial charge on any atom is 0.214 e. The van der Waals surface area contributed by atoms with E-state index in [2.05, 4.69) is 4.99 Å². The topological polar surface area (TPSA) is 51.8 Å². The molecular weight excluding hydrogens is 206 g/mol. The van der Waals surface area contributed by atoms with Crippen molar-refractivity contribution in [3.8, 4) is 0 Å². The Bertz CT molecular complexity index is 455. The molecule has 2 rings (SSSR count). The molecule has 4 heteroatoms. The fraction of sp³-hybridized carbons (Fsp3) is 0.167. The van der Waals surface area contributed by atoms with Gasteiger partial charge in [0.05, 0.1) is 13.4 Å². The standard InChI is InChI=1S/C12H11NO3/c1-15-12-9(5-2-3-7-13-12)11(14)10-6-4-8-16-10/h2-9H,1H3. The van der Waals surface area contributed by atoms with Gasteiger partial charge in [-0.3, -0.25) is 4.79 Å². The number of methoxy groups -OCH3 is 1. The predicted molar refractivity (Wildman–Crippen MR) is 59.3 cm³/mol. The number of ketones is 1. The predicted octanol–water partition coefficient (Wildman–Crippen LogP) is 2.21. The summed E-state index contributed by atoms with van der Waals surface area (Å²) in [7, 11) is 1.49. The SMILES string of the molecule is COC1=NC=CC=CC1C(=O)c1ccco1. The zero-order chi connectivity index (χ0) is 11.4. The first-order valence-electron chi connectivity index (χ1n) is 4.85. The van der Waals surface area contributed by atoms with E-state index in [-0.39, 0.29) is 5.78 Å². The van der Waals surface area contributed by atoms with Gasteiger partial charge in [0, 0.05) is 6.20 Å². The van der Waals surface area contributed by atoms with Crippen molar-refractivity contribution in [1.82, 2.24) is 0 Å². The third-order valence-electron chi connectivity index (χ3n) is 2.22. The van der Waals surface area contributed by atoms with Crippen LogP contribution in [0.15, 0.2) is 52.2 Å². The molecule has 82 valence electrons. The number of allylic oxidation sites excluding steroid dienone is 2. The second-order valence-electron chi connectivity index (χ2n) is 3.22. The smallest absolute Gasteiger partial charge is 0.214 e. The highest BCUT2D eigenvalue weighted by Crippen LogP contribution is 2.15. The number of nitrogens with zero attached hydrogens (tertiary/aromatic N) is 1. The summed E-state index contributed by atoms with van der Waals surface area (Å²) >= 11 is 0. The first-order chi connectivity index (χ1) is 7.83. The highest BCUT2D eigenvalue weighted by Gasteiger charge is 2.26. The van der Waals surface area contributed by atoms with Gasteiger partial charge in [-0.2, -0.15) is 0 Å². The van der Waals surface area contributed by atoms with Crippen molar-refractivity contribution in [2.24, 2.45) is 10.9 Å². The minimum Gasteiger partial charge on any atom is -0.483 e. The Morgan fingerprint density at radius 2 is 2.38 bits per heavy atom. The van der Waals surface area contributed by atoms with Gasteiger partial charge in [0.15, 0.2) is 5.76 Å². The zero-order valence-corrected chi connectivity index (χ0v) is 8.79. The van der Waals surface area contributed by atoms with Crippen LogP contribution in [0.1, 0.15) is 10.6 Å². The molecule has 0 spiro atoms. The largest absolute Gasteiger partial charge is 0.483 e. The van der Waals surface area contributed by atoms with Crippen LogP contribution in [-0.4, -0.2) is 18.8 Å². The Labute approximate surface area is 92.9 Å². The lowest BCUT2D eigenvalue weighted by Crippen LogP contribution is -2.23. The first kappa shape index (κ1) is 10.4. The van der Waals surface area contributed by atoms with E-state index in [4.69, 9.17) is 9.15 Å². The zero-order valence-electron chi connectivity index (χ0n) is 8.79. The van der Waals surface area contributed by atoms with E-state index in [0.717, 1.165) is 0 Å². The number of ether oxygens (including phenoxy) is 1. The molecule has 1 aromatic rings. The Kier molecular flexibility index (Phi) is 3.00. The van der Waals surface area contributed by atoms with Gasteiger partial charge in [-0.1, -0.05) is 12.2 Å². The quantitative estimate of drug-likeness (QED) is 0.713. The van der Waals surface area contributed by atoms with Crippen LogP contribution in [0.4, 0.5) is 0 Å². The third kappa shape index (κ3) is 1.95. The molecule has 1 aliphatic rings. The molecule has 0 aromatic carbocycles. The van der Waals surface area contributed by atoms with Crippen LogP contribution in [0.25, 0.3) is 0 Å². The van der Waals surface area contributed by atoms with Crippen LogP contribution in [0, 0.1) is 5.92 Å². The van der Waals surface area contributed by atoms with Gasteiger partial charge in [0.25, 0.3) is 0 Å². The Hall–Kier alpha value is -2.10. The van der Waals surface area contributed by atoms with Gasteiger partial charge < -0.3 is 9.15 Å². The van der Waals surface area contributed by atoms with Crippen LogP contribution < -0.4 is 0 Å². The van der Waals surface area contributed by atoms with Crippen molar-refractivity contribution in [2.45, 2.75) is 0 Å². The summed E-state index contributed by atoms with van der Waals surface area (Å²) in [6.45, 7) is 0. The first-order valence-corrected chi connectivity index (χ1v) is 4.85. The van der Waals surface area contributed by atoms with Crippen molar-refractivity contribution >= 4 is 11.7 Å². The van der Waals surface area contributed by atoms with Crippen molar-refractivity contribution in [1.29, 1.82) is 0 Å². The summed E-state index contributed by atoms with van der Waals surface area (Å²) < 4.78 is 10.2. The number of rotatable bonds is 2. The monoisotopic (exact) mass is 217 g/mol. The minimum atomic E-state index is -0.522. The second kappa shape index (κ2) is 4.61. The lowest BCUT2D eigenvalue weighted by atomic mass is 10.0. The molecule has 1 aliphatic heterocycles. The van der Waals surface area contributed by atoms with Crippen LogP contribution in [0.5, 0.6) is 0 Å². The van der Waals surface area contributed by atoms with Crippen LogP contribution in [0.2, 0.25) is 0 Å². The molecule has 0 N–H and O–H groups in total. The molecule has 1 atom stereocenters. The van der Waals surface area contributed by atoms with Crippen LogP contribution >= 0.6 is 0 Å². The fourth-order valence-electron chi connectivity index (χ4n) is 1.46. The molecule has 0 bridgehead atoms. The number of hydrogen-bond donors (Lipinski definition) is 0. The van der Waals surface area contributed by atoms with E-state index in [1.54, 1.807) is 36.6 Å². The number of furan rings is 1. The normalized spacial score (nSPS) is 19.1. The highest BCUT2D eigenvalue weighted by atomic mass is 16.5. The molecule has 2 heterocycles. The number of carbonyl (C=O) groups excluding carboxylic acids is 1. The summed E-state index contributed by atoms with van der Waals surface area (Å²) in [6, 6.07) is 3.30. The van der Waals surface area contributed by atoms with Crippen molar-refractivity contribution in [2.75, 3.05) is 7.11 Å². The van der Waals surface area contributed by atoms with Gasteiger partial charge >= 0.3 is 0 Å². The molecule has 0 fully saturated rings. The summed E-state index contributed by atoms with van der Waals surface area (Å²) in [5.74, 6) is -0.00981. The molecular formula is C12H11NO3. The van der Waals surface area contributed by atoms with E-state index in [0.29, 0.717) is 11.7 Å². The summed E-state index contributed by atoms with van der Waals surface area (Å²) in [4.78, 5) is 16.1. The van der Waals surface area contributed by atoms with Crippen molar-refractivity contribution < 1.29 is 13.9 Å². The number of aliphatic imine (C=N–C) groups is 1. The number of carbonyl (C=O) groups is 1. The van der Waals surface area contributed by atoms with E-state index in [9.17, 15) is 4.79 Å². The van der Waals surface area contributed by atoms with Gasteiger partial charge in [0.1, 0.15) is 5.92 Å². The molecule has 1 unspecified atom stereocenters. The van der Waals surface area contributed by atoms with Crippen LogP contribution in [-0.2, 0) is 4.74 Å². The third-order valence-corrected chi connectivity index (χ3v) is 2.22. The lowest BCUT2D eigenvalue weighted by molar-refractivity contribution is 0.0936. The van der Waals surface area contributed by atoms with Crippen molar-refractivity contribution in [3.05, 3.63) is 48.6 Å². The van der Waals surface area contributed by atoms with E-state index in [1.807, 2.05) is 0 Å². The number of hydrogen-bond acceptors (Lipinski definition) is 4. The molecule has 4 nitrogen and oxygen atoms in total. The van der Waals surface area contributed by atoms with E-state index < -0.39 is 5.92 Å². The molecule has 0 aliphatic carbocycles. The molecule has 1 aromatic heterocycles. The second-order valence-corrected chi connectivity index (χ2v) is 3.22. The molecule has 16 heavy (non-hydrogen) atoms. The molecule has 0 saturated heterocycles. The molecule has 0 amide bonds. The summed E-state index contributed by atoms with van der Waals surface area (Å²) in [5.41, 5.74) is 0. The molecule has 0 saturated carbocycles. The summed E-state index contributed by atoms with van der Waals surface area (Å²) in [6.07, 6.45) is 8.30. The maximum atomic E-state index is 12.0.